The summed E-state index contributed by atoms with van der Waals surface area (Å²) in [4.78, 5) is 11.2. The third-order valence-electron chi connectivity index (χ3n) is 3.14. The van der Waals surface area contributed by atoms with Crippen LogP contribution in [0.4, 0.5) is 4.79 Å². The van der Waals surface area contributed by atoms with E-state index >= 15 is 0 Å². The van der Waals surface area contributed by atoms with Crippen LogP contribution in [0.5, 0.6) is 0 Å². The van der Waals surface area contributed by atoms with Gasteiger partial charge >= 0.3 is 6.09 Å². The van der Waals surface area contributed by atoms with Gasteiger partial charge in [0, 0.05) is 0 Å². The van der Waals surface area contributed by atoms with Crippen LogP contribution in [-0.2, 0) is 4.74 Å². The van der Waals surface area contributed by atoms with Gasteiger partial charge in [-0.3, -0.25) is 0 Å². The van der Waals surface area contributed by atoms with Crippen molar-refractivity contribution in [3.05, 3.63) is 48.0 Å². The Morgan fingerprint density at radius 2 is 1.88 bits per heavy atom. The van der Waals surface area contributed by atoms with Crippen molar-refractivity contribution in [2.24, 2.45) is 0 Å². The predicted molar refractivity (Wildman–Crippen MR) is 65.8 cm³/mol. The molecule has 1 aliphatic heterocycles. The molecule has 3 heteroatoms. The molecule has 0 aliphatic carbocycles. The van der Waals surface area contributed by atoms with Crippen LogP contribution >= 0.6 is 0 Å². The molecule has 3 nitrogen and oxygen atoms in total. The summed E-state index contributed by atoms with van der Waals surface area (Å²) >= 11 is 0. The second kappa shape index (κ2) is 3.77. The minimum absolute atomic E-state index is 0.0173. The third-order valence-corrected chi connectivity index (χ3v) is 3.14. The molecule has 0 radical (unpaired) electrons. The average molecular weight is 227 g/mol. The largest absolute Gasteiger partial charge is 0.439 e. The molecule has 2 atom stereocenters. The predicted octanol–water partition coefficient (Wildman–Crippen LogP) is 3.01. The van der Waals surface area contributed by atoms with Crippen LogP contribution in [0.3, 0.4) is 0 Å². The van der Waals surface area contributed by atoms with E-state index in [0.29, 0.717) is 0 Å². The highest BCUT2D eigenvalue weighted by Crippen LogP contribution is 2.28. The number of amides is 1. The van der Waals surface area contributed by atoms with E-state index in [1.807, 2.05) is 25.1 Å². The number of alkyl carbamates (subject to hydrolysis) is 1. The molecule has 2 unspecified atom stereocenters. The Kier molecular flexibility index (Phi) is 2.25. The van der Waals surface area contributed by atoms with E-state index in [9.17, 15) is 4.79 Å². The molecule has 2 aromatic rings. The molecule has 2 aromatic carbocycles. The Bertz CT molecular complexity index is 579. The third kappa shape index (κ3) is 1.73. The van der Waals surface area contributed by atoms with Gasteiger partial charge < -0.3 is 10.1 Å². The molecular formula is C14H13NO2. The van der Waals surface area contributed by atoms with E-state index in [1.54, 1.807) is 0 Å². The molecule has 1 heterocycles. The van der Waals surface area contributed by atoms with Crippen LogP contribution < -0.4 is 5.32 Å². The summed E-state index contributed by atoms with van der Waals surface area (Å²) in [5.41, 5.74) is 1.04. The highest BCUT2D eigenvalue weighted by molar-refractivity contribution is 5.83. The molecule has 0 aromatic heterocycles. The van der Waals surface area contributed by atoms with Crippen LogP contribution in [0, 0.1) is 0 Å². The standard InChI is InChI=1S/C14H13NO2/c1-9-13(17-14(16)15-9)12-7-6-10-4-2-3-5-11(10)8-12/h2-9,13H,1H3,(H,15,16). The maximum atomic E-state index is 11.2. The number of carbonyl (C=O) groups is 1. The van der Waals surface area contributed by atoms with Gasteiger partial charge in [-0.2, -0.15) is 0 Å². The van der Waals surface area contributed by atoms with Crippen molar-refractivity contribution in [1.82, 2.24) is 5.32 Å². The van der Waals surface area contributed by atoms with E-state index in [0.717, 1.165) is 5.56 Å². The minimum Gasteiger partial charge on any atom is -0.439 e. The Balaban J connectivity index is 2.03. The molecule has 86 valence electrons. The first-order chi connectivity index (χ1) is 8.24. The van der Waals surface area contributed by atoms with Crippen LogP contribution in [0.2, 0.25) is 0 Å². The molecule has 0 bridgehead atoms. The van der Waals surface area contributed by atoms with Gasteiger partial charge in [-0.15, -0.1) is 0 Å². The van der Waals surface area contributed by atoms with Crippen molar-refractivity contribution in [2.45, 2.75) is 19.1 Å². The monoisotopic (exact) mass is 227 g/mol. The lowest BCUT2D eigenvalue weighted by atomic mass is 10.0. The summed E-state index contributed by atoms with van der Waals surface area (Å²) < 4.78 is 5.26. The summed E-state index contributed by atoms with van der Waals surface area (Å²) in [7, 11) is 0. The number of ether oxygens (including phenoxy) is 1. The maximum absolute atomic E-state index is 11.2. The molecule has 0 spiro atoms. The second-order valence-electron chi connectivity index (χ2n) is 4.37. The summed E-state index contributed by atoms with van der Waals surface area (Å²) in [6.45, 7) is 1.95. The van der Waals surface area contributed by atoms with E-state index in [4.69, 9.17) is 4.74 Å². The Hall–Kier alpha value is -2.03. The second-order valence-corrected chi connectivity index (χ2v) is 4.37. The molecule has 1 N–H and O–H groups in total. The van der Waals surface area contributed by atoms with E-state index in [-0.39, 0.29) is 18.2 Å². The average Bonchev–Trinajstić information content (AvgIpc) is 2.68. The van der Waals surface area contributed by atoms with Crippen molar-refractivity contribution in [1.29, 1.82) is 0 Å². The van der Waals surface area contributed by atoms with Crippen LogP contribution in [0.1, 0.15) is 18.6 Å². The van der Waals surface area contributed by atoms with Crippen molar-refractivity contribution in [3.8, 4) is 0 Å². The van der Waals surface area contributed by atoms with Crippen molar-refractivity contribution >= 4 is 16.9 Å². The SMILES string of the molecule is CC1NC(=O)OC1c1ccc2ccccc2c1. The van der Waals surface area contributed by atoms with Crippen LogP contribution in [0.15, 0.2) is 42.5 Å². The van der Waals surface area contributed by atoms with Gasteiger partial charge in [0.15, 0.2) is 0 Å². The van der Waals surface area contributed by atoms with Gasteiger partial charge in [0.2, 0.25) is 0 Å². The highest BCUT2D eigenvalue weighted by Gasteiger charge is 2.31. The maximum Gasteiger partial charge on any atom is 0.408 e. The Labute approximate surface area is 99.4 Å². The van der Waals surface area contributed by atoms with Gasteiger partial charge in [-0.25, -0.2) is 4.79 Å². The molecule has 1 fully saturated rings. The number of carbonyl (C=O) groups excluding carboxylic acids is 1. The fourth-order valence-electron chi connectivity index (χ4n) is 2.25. The number of cyclic esters (lactones) is 1. The number of nitrogens with one attached hydrogen (secondary N) is 1. The lowest BCUT2D eigenvalue weighted by Gasteiger charge is -2.13. The molecular weight excluding hydrogens is 214 g/mol. The van der Waals surface area contributed by atoms with Gasteiger partial charge in [0.05, 0.1) is 6.04 Å². The van der Waals surface area contributed by atoms with E-state index in [2.05, 4.69) is 29.6 Å². The van der Waals surface area contributed by atoms with Crippen molar-refractivity contribution in [3.63, 3.8) is 0 Å². The van der Waals surface area contributed by atoms with Crippen molar-refractivity contribution < 1.29 is 9.53 Å². The summed E-state index contributed by atoms with van der Waals surface area (Å²) in [6.07, 6.45) is -0.525. The molecule has 0 saturated carbocycles. The van der Waals surface area contributed by atoms with Gasteiger partial charge in [0.1, 0.15) is 6.10 Å². The first kappa shape index (κ1) is 10.1. The molecule has 17 heavy (non-hydrogen) atoms. The first-order valence-electron chi connectivity index (χ1n) is 5.70. The summed E-state index contributed by atoms with van der Waals surface area (Å²) in [6, 6.07) is 14.3. The Morgan fingerprint density at radius 1 is 1.12 bits per heavy atom. The zero-order valence-corrected chi connectivity index (χ0v) is 9.51. The number of benzene rings is 2. The zero-order chi connectivity index (χ0) is 11.8. The first-order valence-corrected chi connectivity index (χ1v) is 5.70. The number of hydrogen-bond donors (Lipinski definition) is 1. The lowest BCUT2D eigenvalue weighted by Crippen LogP contribution is -2.23. The highest BCUT2D eigenvalue weighted by atomic mass is 16.6. The minimum atomic E-state index is -0.337. The van der Waals surface area contributed by atoms with E-state index in [1.165, 1.54) is 10.8 Å². The van der Waals surface area contributed by atoms with Gasteiger partial charge in [-0.05, 0) is 29.3 Å². The molecule has 3 rings (SSSR count). The molecule has 1 saturated heterocycles. The summed E-state index contributed by atoms with van der Waals surface area (Å²) in [5, 5.41) is 5.11. The topological polar surface area (TPSA) is 38.3 Å². The fourth-order valence-corrected chi connectivity index (χ4v) is 2.25. The van der Waals surface area contributed by atoms with Crippen LogP contribution in [-0.4, -0.2) is 12.1 Å². The number of rotatable bonds is 1. The van der Waals surface area contributed by atoms with E-state index < -0.39 is 0 Å². The number of fused-ring (bicyclic) bond motifs is 1. The fraction of sp³-hybridized carbons (Fsp3) is 0.214. The van der Waals surface area contributed by atoms with Gasteiger partial charge in [-0.1, -0.05) is 36.4 Å². The normalized spacial score (nSPS) is 23.5. The van der Waals surface area contributed by atoms with Crippen LogP contribution in [0.25, 0.3) is 10.8 Å². The smallest absolute Gasteiger partial charge is 0.408 e. The molecule has 1 amide bonds. The lowest BCUT2D eigenvalue weighted by molar-refractivity contribution is 0.134. The van der Waals surface area contributed by atoms with Gasteiger partial charge in [0.25, 0.3) is 0 Å². The number of hydrogen-bond acceptors (Lipinski definition) is 2. The quantitative estimate of drug-likeness (QED) is 0.813. The summed E-state index contributed by atoms with van der Waals surface area (Å²) in [5.74, 6) is 0. The Morgan fingerprint density at radius 3 is 2.59 bits per heavy atom. The zero-order valence-electron chi connectivity index (χ0n) is 9.51. The molecule has 1 aliphatic rings. The van der Waals surface area contributed by atoms with Crippen molar-refractivity contribution in [2.75, 3.05) is 0 Å².